The second kappa shape index (κ2) is 10.7. The highest BCUT2D eigenvalue weighted by Crippen LogP contribution is 2.09. The molecule has 5 nitrogen and oxygen atoms in total. The predicted molar refractivity (Wildman–Crippen MR) is 99.7 cm³/mol. The van der Waals surface area contributed by atoms with Gasteiger partial charge in [0.1, 0.15) is 24.0 Å². The van der Waals surface area contributed by atoms with Crippen LogP contribution >= 0.6 is 24.0 Å². The van der Waals surface area contributed by atoms with E-state index in [0.717, 1.165) is 18.2 Å². The smallest absolute Gasteiger partial charge is 0.191 e. The molecule has 0 unspecified atom stereocenters. The van der Waals surface area contributed by atoms with E-state index in [9.17, 15) is 8.78 Å². The minimum Gasteiger partial charge on any atom is -0.490 e. The summed E-state index contributed by atoms with van der Waals surface area (Å²) in [5.74, 6) is 0.216. The van der Waals surface area contributed by atoms with Crippen molar-refractivity contribution in [2.24, 2.45) is 4.99 Å². The van der Waals surface area contributed by atoms with Crippen LogP contribution < -0.4 is 15.4 Å². The highest BCUT2D eigenvalue weighted by Gasteiger charge is 2.05. The molecule has 2 N–H and O–H groups in total. The number of pyridine rings is 1. The molecule has 0 saturated carbocycles. The molecule has 0 bridgehead atoms. The van der Waals surface area contributed by atoms with Crippen LogP contribution in [-0.2, 0) is 6.54 Å². The molecular formula is C16H19F2IN4O. The van der Waals surface area contributed by atoms with Crippen LogP contribution in [0, 0.1) is 11.6 Å². The van der Waals surface area contributed by atoms with E-state index >= 15 is 0 Å². The van der Waals surface area contributed by atoms with Gasteiger partial charge in [-0.1, -0.05) is 0 Å². The molecule has 1 aromatic carbocycles. The van der Waals surface area contributed by atoms with Crippen molar-refractivity contribution in [3.05, 3.63) is 59.9 Å². The lowest BCUT2D eigenvalue weighted by molar-refractivity contribution is 0.320. The lowest BCUT2D eigenvalue weighted by Gasteiger charge is -2.13. The van der Waals surface area contributed by atoms with Crippen molar-refractivity contribution in [2.75, 3.05) is 20.2 Å². The van der Waals surface area contributed by atoms with Crippen molar-refractivity contribution in [3.63, 3.8) is 0 Å². The molecule has 0 aliphatic rings. The summed E-state index contributed by atoms with van der Waals surface area (Å²) in [5, 5.41) is 5.94. The fraction of sp³-hybridized carbons (Fsp3) is 0.250. The van der Waals surface area contributed by atoms with Crippen molar-refractivity contribution in [1.29, 1.82) is 0 Å². The topological polar surface area (TPSA) is 58.5 Å². The Balaban J connectivity index is 0.00000288. The van der Waals surface area contributed by atoms with E-state index in [4.69, 9.17) is 4.74 Å². The van der Waals surface area contributed by atoms with Gasteiger partial charge in [-0.2, -0.15) is 0 Å². The lowest BCUT2D eigenvalue weighted by Crippen LogP contribution is -2.39. The van der Waals surface area contributed by atoms with Gasteiger partial charge in [0.15, 0.2) is 5.96 Å². The third kappa shape index (κ3) is 6.65. The van der Waals surface area contributed by atoms with Gasteiger partial charge in [-0.3, -0.25) is 9.98 Å². The van der Waals surface area contributed by atoms with Gasteiger partial charge in [-0.25, -0.2) is 8.78 Å². The van der Waals surface area contributed by atoms with E-state index in [-0.39, 0.29) is 36.1 Å². The van der Waals surface area contributed by atoms with Crippen molar-refractivity contribution in [2.45, 2.75) is 6.54 Å². The van der Waals surface area contributed by atoms with E-state index in [2.05, 4.69) is 20.6 Å². The molecule has 0 radical (unpaired) electrons. The number of aromatic nitrogens is 1. The molecule has 1 heterocycles. The minimum absolute atomic E-state index is 0. The number of hydrogen-bond donors (Lipinski definition) is 2. The largest absolute Gasteiger partial charge is 0.490 e. The number of rotatable bonds is 6. The van der Waals surface area contributed by atoms with Crippen molar-refractivity contribution in [1.82, 2.24) is 15.6 Å². The number of halogens is 3. The standard InChI is InChI=1S/C16H18F2N4O.HI/c1-19-16(21-7-8-23-14-3-2-6-20-11-14)22-10-12-9-13(17)4-5-15(12)18;/h2-6,9,11H,7-8,10H2,1H3,(H2,19,21,22);1H. The van der Waals surface area contributed by atoms with E-state index < -0.39 is 11.6 Å². The first-order valence-electron chi connectivity index (χ1n) is 7.10. The molecule has 0 atom stereocenters. The maximum Gasteiger partial charge on any atom is 0.191 e. The van der Waals surface area contributed by atoms with Crippen LogP contribution in [0.1, 0.15) is 5.56 Å². The van der Waals surface area contributed by atoms with E-state index in [1.807, 2.05) is 6.07 Å². The first-order valence-corrected chi connectivity index (χ1v) is 7.10. The van der Waals surface area contributed by atoms with Crippen molar-refractivity contribution in [3.8, 4) is 5.75 Å². The summed E-state index contributed by atoms with van der Waals surface area (Å²) >= 11 is 0. The van der Waals surface area contributed by atoms with Gasteiger partial charge in [0.05, 0.1) is 12.7 Å². The molecule has 0 aliphatic heterocycles. The number of ether oxygens (including phenoxy) is 1. The van der Waals surface area contributed by atoms with Crippen LogP contribution in [0.2, 0.25) is 0 Å². The van der Waals surface area contributed by atoms with Gasteiger partial charge in [0, 0.05) is 25.4 Å². The fourth-order valence-corrected chi connectivity index (χ4v) is 1.85. The van der Waals surface area contributed by atoms with E-state index in [0.29, 0.717) is 24.9 Å². The average molecular weight is 448 g/mol. The number of aliphatic imine (C=N–C) groups is 1. The summed E-state index contributed by atoms with van der Waals surface area (Å²) in [7, 11) is 1.60. The van der Waals surface area contributed by atoms with Gasteiger partial charge in [0.2, 0.25) is 0 Å². The fourth-order valence-electron chi connectivity index (χ4n) is 1.85. The molecule has 0 spiro atoms. The molecule has 2 aromatic rings. The van der Waals surface area contributed by atoms with Crippen LogP contribution in [0.5, 0.6) is 5.75 Å². The second-order valence-corrected chi connectivity index (χ2v) is 4.63. The molecule has 2 rings (SSSR count). The highest BCUT2D eigenvalue weighted by atomic mass is 127. The van der Waals surface area contributed by atoms with Gasteiger partial charge in [-0.05, 0) is 30.3 Å². The van der Waals surface area contributed by atoms with Crippen molar-refractivity contribution >= 4 is 29.9 Å². The van der Waals surface area contributed by atoms with Gasteiger partial charge < -0.3 is 15.4 Å². The molecule has 0 fully saturated rings. The van der Waals surface area contributed by atoms with Crippen LogP contribution in [-0.4, -0.2) is 31.1 Å². The summed E-state index contributed by atoms with van der Waals surface area (Å²) in [6, 6.07) is 6.94. The SMILES string of the molecule is CN=C(NCCOc1cccnc1)NCc1cc(F)ccc1F.I. The predicted octanol–water partition coefficient (Wildman–Crippen LogP) is 2.72. The molecular weight excluding hydrogens is 429 g/mol. The normalized spacial score (nSPS) is 10.7. The van der Waals surface area contributed by atoms with Gasteiger partial charge >= 0.3 is 0 Å². The van der Waals surface area contributed by atoms with Crippen LogP contribution in [0.4, 0.5) is 8.78 Å². The summed E-state index contributed by atoms with van der Waals surface area (Å²) < 4.78 is 32.1. The summed E-state index contributed by atoms with van der Waals surface area (Å²) in [6.45, 7) is 1.05. The first-order chi connectivity index (χ1) is 11.2. The number of nitrogens with zero attached hydrogens (tertiary/aromatic N) is 2. The monoisotopic (exact) mass is 448 g/mol. The third-order valence-electron chi connectivity index (χ3n) is 2.98. The Morgan fingerprint density at radius 1 is 1.25 bits per heavy atom. The maximum absolute atomic E-state index is 13.5. The molecule has 24 heavy (non-hydrogen) atoms. The van der Waals surface area contributed by atoms with Crippen LogP contribution in [0.3, 0.4) is 0 Å². The Labute approximate surface area is 156 Å². The highest BCUT2D eigenvalue weighted by molar-refractivity contribution is 14.0. The number of guanidine groups is 1. The Hall–Kier alpha value is -1.97. The van der Waals surface area contributed by atoms with E-state index in [1.165, 1.54) is 0 Å². The van der Waals surface area contributed by atoms with Gasteiger partial charge in [-0.15, -0.1) is 24.0 Å². The molecule has 0 aliphatic carbocycles. The second-order valence-electron chi connectivity index (χ2n) is 4.63. The molecule has 130 valence electrons. The molecule has 1 aromatic heterocycles. The van der Waals surface area contributed by atoms with Crippen LogP contribution in [0.15, 0.2) is 47.7 Å². The van der Waals surface area contributed by atoms with Gasteiger partial charge in [0.25, 0.3) is 0 Å². The molecule has 0 saturated heterocycles. The quantitative estimate of drug-likeness (QED) is 0.309. The first kappa shape index (κ1) is 20.1. The summed E-state index contributed by atoms with van der Waals surface area (Å²) in [6.07, 6.45) is 3.29. The minimum atomic E-state index is -0.476. The van der Waals surface area contributed by atoms with E-state index in [1.54, 1.807) is 25.5 Å². The zero-order valence-corrected chi connectivity index (χ0v) is 15.5. The lowest BCUT2D eigenvalue weighted by atomic mass is 10.2. The Bertz CT molecular complexity index is 656. The average Bonchev–Trinajstić information content (AvgIpc) is 2.58. The Kier molecular flexibility index (Phi) is 8.98. The van der Waals surface area contributed by atoms with Crippen molar-refractivity contribution < 1.29 is 13.5 Å². The zero-order valence-electron chi connectivity index (χ0n) is 13.1. The summed E-state index contributed by atoms with van der Waals surface area (Å²) in [4.78, 5) is 7.96. The number of nitrogens with one attached hydrogen (secondary N) is 2. The Morgan fingerprint density at radius 2 is 2.08 bits per heavy atom. The third-order valence-corrected chi connectivity index (χ3v) is 2.98. The number of hydrogen-bond acceptors (Lipinski definition) is 3. The number of benzene rings is 1. The van der Waals surface area contributed by atoms with Crippen LogP contribution in [0.25, 0.3) is 0 Å². The zero-order chi connectivity index (χ0) is 16.5. The molecule has 8 heteroatoms. The molecule has 0 amide bonds. The Morgan fingerprint density at radius 3 is 2.79 bits per heavy atom. The maximum atomic E-state index is 13.5. The summed E-state index contributed by atoms with van der Waals surface area (Å²) in [5.41, 5.74) is 0.236.